The highest BCUT2D eigenvalue weighted by molar-refractivity contribution is 9.10. The van der Waals surface area contributed by atoms with Crippen LogP contribution in [-0.4, -0.2) is 31.9 Å². The Bertz CT molecular complexity index is 598. The van der Waals surface area contributed by atoms with Crippen LogP contribution in [0, 0.1) is 5.82 Å². The van der Waals surface area contributed by atoms with Crippen molar-refractivity contribution in [3.05, 3.63) is 38.5 Å². The lowest BCUT2D eigenvalue weighted by molar-refractivity contribution is 0.00578. The van der Waals surface area contributed by atoms with E-state index < -0.39 is 24.1 Å². The maximum absolute atomic E-state index is 14.2. The van der Waals surface area contributed by atoms with Gasteiger partial charge in [0.15, 0.2) is 0 Å². The molecule has 1 heterocycles. The fraction of sp³-hybridized carbons (Fsp3) is 0.500. The zero-order valence-electron chi connectivity index (χ0n) is 14.0. The van der Waals surface area contributed by atoms with E-state index in [1.807, 2.05) is 34.7 Å². The van der Waals surface area contributed by atoms with E-state index in [4.69, 9.17) is 20.9 Å². The summed E-state index contributed by atoms with van der Waals surface area (Å²) in [5.41, 5.74) is 0.350. The molecule has 1 aliphatic rings. The normalized spacial score (nSPS) is 20.2. The van der Waals surface area contributed by atoms with E-state index in [9.17, 15) is 4.39 Å². The smallest absolute Gasteiger partial charge is 0.400 e. The fourth-order valence-electron chi connectivity index (χ4n) is 2.28. The summed E-state index contributed by atoms with van der Waals surface area (Å²) in [5, 5.41) is 3.42. The van der Waals surface area contributed by atoms with Crippen LogP contribution in [0.1, 0.15) is 33.3 Å². The van der Waals surface area contributed by atoms with E-state index in [-0.39, 0.29) is 0 Å². The summed E-state index contributed by atoms with van der Waals surface area (Å²) in [6.07, 6.45) is 1.74. The number of nitrogens with one attached hydrogen (secondary N) is 1. The molecule has 1 saturated heterocycles. The van der Waals surface area contributed by atoms with Crippen LogP contribution in [0.25, 0.3) is 6.08 Å². The van der Waals surface area contributed by atoms with Crippen LogP contribution >= 0.6 is 27.5 Å². The van der Waals surface area contributed by atoms with E-state index in [2.05, 4.69) is 21.2 Å². The summed E-state index contributed by atoms with van der Waals surface area (Å²) >= 11 is 9.23. The first-order valence-electron chi connectivity index (χ1n) is 7.42. The predicted molar refractivity (Wildman–Crippen MR) is 97.1 cm³/mol. The molecule has 7 heteroatoms. The maximum atomic E-state index is 14.2. The molecule has 1 fully saturated rings. The van der Waals surface area contributed by atoms with Crippen molar-refractivity contribution in [3.63, 3.8) is 0 Å². The molecule has 3 nitrogen and oxygen atoms in total. The lowest BCUT2D eigenvalue weighted by atomic mass is 9.77. The van der Waals surface area contributed by atoms with Gasteiger partial charge in [0.05, 0.1) is 11.2 Å². The first-order valence-corrected chi connectivity index (χ1v) is 8.60. The molecule has 23 heavy (non-hydrogen) atoms. The molecule has 1 N–H and O–H groups in total. The molecule has 2 rings (SSSR count). The minimum absolute atomic E-state index is 0.345. The molecule has 1 aliphatic heterocycles. The Balaban J connectivity index is 2.41. The summed E-state index contributed by atoms with van der Waals surface area (Å²) < 4.78 is 27.0. The Morgan fingerprint density at radius 1 is 1.30 bits per heavy atom. The van der Waals surface area contributed by atoms with Crippen LogP contribution in [0.15, 0.2) is 22.1 Å². The van der Waals surface area contributed by atoms with Gasteiger partial charge in [-0.3, -0.25) is 0 Å². The Labute approximate surface area is 150 Å². The van der Waals surface area contributed by atoms with Crippen LogP contribution in [0.2, 0.25) is 5.02 Å². The van der Waals surface area contributed by atoms with Gasteiger partial charge in [-0.2, -0.15) is 0 Å². The number of benzene rings is 1. The van der Waals surface area contributed by atoms with Crippen LogP contribution in [0.3, 0.4) is 0 Å². The van der Waals surface area contributed by atoms with Crippen molar-refractivity contribution in [1.82, 2.24) is 5.32 Å². The predicted octanol–water partition coefficient (Wildman–Crippen LogP) is 4.48. The fourth-order valence-corrected chi connectivity index (χ4v) is 3.16. The molecule has 126 valence electrons. The van der Waals surface area contributed by atoms with Gasteiger partial charge in [0, 0.05) is 21.6 Å². The van der Waals surface area contributed by atoms with Crippen LogP contribution in [0.5, 0.6) is 0 Å². The number of hydrogen-bond donors (Lipinski definition) is 1. The van der Waals surface area contributed by atoms with Gasteiger partial charge in [-0.05, 0) is 52.3 Å². The third-order valence-electron chi connectivity index (χ3n) is 4.31. The first-order chi connectivity index (χ1) is 10.6. The molecule has 0 unspecified atom stereocenters. The van der Waals surface area contributed by atoms with Crippen LogP contribution < -0.4 is 5.32 Å². The highest BCUT2D eigenvalue weighted by atomic mass is 79.9. The number of hydrogen-bond acceptors (Lipinski definition) is 3. The average Bonchev–Trinajstić information content (AvgIpc) is 2.61. The molecule has 0 amide bonds. The Morgan fingerprint density at radius 3 is 2.35 bits per heavy atom. The third-order valence-corrected chi connectivity index (χ3v) is 5.18. The lowest BCUT2D eigenvalue weighted by Gasteiger charge is -2.32. The highest BCUT2D eigenvalue weighted by Crippen LogP contribution is 2.39. The standard InChI is InChI=1S/C16H21BBrClFNO2/c1-15(2)16(3,4)23-17(22-15)10(9-21-5)6-12-13(18)7-11(19)8-14(12)20/h6-8,21H,9H2,1-5H3. The molecule has 0 aliphatic carbocycles. The number of rotatable bonds is 4. The molecule has 0 saturated carbocycles. The molecule has 0 spiro atoms. The van der Waals surface area contributed by atoms with Gasteiger partial charge in [0.1, 0.15) is 5.82 Å². The molecule has 1 aromatic carbocycles. The van der Waals surface area contributed by atoms with Gasteiger partial charge < -0.3 is 14.6 Å². The van der Waals surface area contributed by atoms with Gasteiger partial charge in [0.25, 0.3) is 0 Å². The molecule has 0 radical (unpaired) electrons. The van der Waals surface area contributed by atoms with E-state index in [1.54, 1.807) is 12.1 Å². The quantitative estimate of drug-likeness (QED) is 0.751. The second-order valence-electron chi connectivity index (χ2n) is 6.62. The van der Waals surface area contributed by atoms with Gasteiger partial charge in [-0.1, -0.05) is 33.6 Å². The number of likely N-dealkylation sites (N-methyl/N-ethyl adjacent to an activating group) is 1. The zero-order chi connectivity index (χ0) is 17.4. The van der Waals surface area contributed by atoms with Crippen molar-refractivity contribution in [3.8, 4) is 0 Å². The summed E-state index contributed by atoms with van der Waals surface area (Å²) in [7, 11) is 1.29. The molecule has 0 atom stereocenters. The van der Waals surface area contributed by atoms with E-state index in [0.717, 1.165) is 5.47 Å². The van der Waals surface area contributed by atoms with E-state index in [1.165, 1.54) is 6.07 Å². The van der Waals surface area contributed by atoms with Crippen molar-refractivity contribution >= 4 is 40.7 Å². The largest absolute Gasteiger partial charge is 0.491 e. The average molecular weight is 405 g/mol. The van der Waals surface area contributed by atoms with Crippen molar-refractivity contribution in [2.75, 3.05) is 13.6 Å². The maximum Gasteiger partial charge on any atom is 0.491 e. The Morgan fingerprint density at radius 2 is 1.87 bits per heavy atom. The molecular formula is C16H21BBrClFNO2. The van der Waals surface area contributed by atoms with Gasteiger partial charge in [-0.15, -0.1) is 0 Å². The van der Waals surface area contributed by atoms with Crippen molar-refractivity contribution in [1.29, 1.82) is 0 Å². The van der Waals surface area contributed by atoms with Gasteiger partial charge in [0.2, 0.25) is 0 Å². The van der Waals surface area contributed by atoms with E-state index in [0.29, 0.717) is 21.6 Å². The van der Waals surface area contributed by atoms with Crippen molar-refractivity contribution in [2.24, 2.45) is 0 Å². The Hall–Kier alpha value is -0.395. The van der Waals surface area contributed by atoms with Gasteiger partial charge in [-0.25, -0.2) is 4.39 Å². The van der Waals surface area contributed by atoms with Crippen molar-refractivity contribution < 1.29 is 13.7 Å². The second kappa shape index (κ2) is 6.85. The Kier molecular flexibility index (Phi) is 5.64. The van der Waals surface area contributed by atoms with Gasteiger partial charge >= 0.3 is 7.12 Å². The third kappa shape index (κ3) is 3.99. The lowest BCUT2D eigenvalue weighted by Crippen LogP contribution is -2.41. The molecule has 0 bridgehead atoms. The molecule has 1 aromatic rings. The highest BCUT2D eigenvalue weighted by Gasteiger charge is 2.52. The molecular weight excluding hydrogens is 383 g/mol. The summed E-state index contributed by atoms with van der Waals surface area (Å²) in [5.74, 6) is -0.394. The van der Waals surface area contributed by atoms with E-state index >= 15 is 0 Å². The number of halogens is 3. The zero-order valence-corrected chi connectivity index (χ0v) is 16.3. The topological polar surface area (TPSA) is 30.5 Å². The SMILES string of the molecule is CNCC(=Cc1c(F)cc(Cl)cc1Br)B1OC(C)(C)C(C)(C)O1. The summed E-state index contributed by atoms with van der Waals surface area (Å²) in [6, 6.07) is 2.96. The minimum atomic E-state index is -0.533. The summed E-state index contributed by atoms with van der Waals surface area (Å²) in [4.78, 5) is 0. The monoisotopic (exact) mass is 403 g/mol. The minimum Gasteiger partial charge on any atom is -0.400 e. The van der Waals surface area contributed by atoms with Crippen LogP contribution in [0.4, 0.5) is 4.39 Å². The van der Waals surface area contributed by atoms with Crippen LogP contribution in [-0.2, 0) is 9.31 Å². The van der Waals surface area contributed by atoms with Crippen molar-refractivity contribution in [2.45, 2.75) is 38.9 Å². The first kappa shape index (κ1) is 18.9. The summed E-state index contributed by atoms with van der Waals surface area (Å²) in [6.45, 7) is 8.47. The molecule has 0 aromatic heterocycles. The second-order valence-corrected chi connectivity index (χ2v) is 7.91.